The van der Waals surface area contributed by atoms with E-state index in [0.29, 0.717) is 0 Å². The predicted molar refractivity (Wildman–Crippen MR) is 58.3 cm³/mol. The Bertz CT molecular complexity index is 254. The molecule has 0 bridgehead atoms. The molecule has 0 aromatic carbocycles. The van der Waals surface area contributed by atoms with E-state index >= 15 is 0 Å². The summed E-state index contributed by atoms with van der Waals surface area (Å²) in [4.78, 5) is 3.16. The van der Waals surface area contributed by atoms with Crippen molar-refractivity contribution in [2.24, 2.45) is 0 Å². The van der Waals surface area contributed by atoms with Gasteiger partial charge in [-0.1, -0.05) is 6.42 Å². The summed E-state index contributed by atoms with van der Waals surface area (Å²) in [6, 6.07) is 2.40. The summed E-state index contributed by atoms with van der Waals surface area (Å²) in [5.41, 5.74) is 1.63. The van der Waals surface area contributed by atoms with E-state index in [1.54, 1.807) is 10.4 Å². The molecule has 13 heavy (non-hydrogen) atoms. The molecule has 0 atom stereocenters. The highest BCUT2D eigenvalue weighted by molar-refractivity contribution is 7.12. The van der Waals surface area contributed by atoms with E-state index in [9.17, 15) is 0 Å². The first kappa shape index (κ1) is 9.22. The molecule has 0 fully saturated rings. The number of nitrogens with one attached hydrogen (secondary N) is 1. The lowest BCUT2D eigenvalue weighted by Crippen LogP contribution is -2.02. The van der Waals surface area contributed by atoms with Crippen molar-refractivity contribution < 1.29 is 0 Å². The maximum Gasteiger partial charge on any atom is 0.0296 e. The fraction of sp³-hybridized carbons (Fsp3) is 0.636. The fourth-order valence-electron chi connectivity index (χ4n) is 1.99. The third kappa shape index (κ3) is 2.12. The van der Waals surface area contributed by atoms with Gasteiger partial charge in [-0.15, -0.1) is 11.3 Å². The van der Waals surface area contributed by atoms with E-state index in [4.69, 9.17) is 0 Å². The first-order valence-electron chi connectivity index (χ1n) is 5.15. The second-order valence-corrected chi connectivity index (χ2v) is 4.97. The van der Waals surface area contributed by atoms with Crippen molar-refractivity contribution in [3.8, 4) is 0 Å². The van der Waals surface area contributed by atoms with Gasteiger partial charge in [0.1, 0.15) is 0 Å². The van der Waals surface area contributed by atoms with Gasteiger partial charge in [0, 0.05) is 16.3 Å². The van der Waals surface area contributed by atoms with Gasteiger partial charge in [0.15, 0.2) is 0 Å². The number of hydrogen-bond acceptors (Lipinski definition) is 2. The van der Waals surface area contributed by atoms with Crippen molar-refractivity contribution in [2.75, 3.05) is 7.05 Å². The topological polar surface area (TPSA) is 12.0 Å². The number of hydrogen-bond donors (Lipinski definition) is 1. The lowest BCUT2D eigenvalue weighted by atomic mass is 10.1. The van der Waals surface area contributed by atoms with Crippen LogP contribution in [0, 0.1) is 0 Å². The summed E-state index contributed by atoms with van der Waals surface area (Å²) >= 11 is 2.01. The van der Waals surface area contributed by atoms with Crippen LogP contribution in [0.4, 0.5) is 0 Å². The minimum atomic E-state index is 1.04. The number of fused-ring (bicyclic) bond motifs is 1. The molecule has 0 spiro atoms. The summed E-state index contributed by atoms with van der Waals surface area (Å²) in [7, 11) is 2.02. The Morgan fingerprint density at radius 1 is 1.31 bits per heavy atom. The van der Waals surface area contributed by atoms with E-state index in [2.05, 4.69) is 11.4 Å². The largest absolute Gasteiger partial charge is 0.315 e. The smallest absolute Gasteiger partial charge is 0.0296 e. The van der Waals surface area contributed by atoms with Crippen LogP contribution in [0.2, 0.25) is 0 Å². The van der Waals surface area contributed by atoms with Crippen molar-refractivity contribution in [3.63, 3.8) is 0 Å². The molecular weight excluding hydrogens is 178 g/mol. The summed E-state index contributed by atoms with van der Waals surface area (Å²) in [5.74, 6) is 0. The van der Waals surface area contributed by atoms with Crippen LogP contribution in [-0.4, -0.2) is 7.05 Å². The van der Waals surface area contributed by atoms with Gasteiger partial charge in [-0.05, 0) is 44.4 Å². The molecule has 2 rings (SSSR count). The van der Waals surface area contributed by atoms with Crippen LogP contribution in [0.5, 0.6) is 0 Å². The van der Waals surface area contributed by atoms with Gasteiger partial charge >= 0.3 is 0 Å². The molecule has 1 aromatic rings. The minimum absolute atomic E-state index is 1.04. The van der Waals surface area contributed by atoms with E-state index in [-0.39, 0.29) is 0 Å². The monoisotopic (exact) mass is 195 g/mol. The second-order valence-electron chi connectivity index (χ2n) is 3.75. The van der Waals surface area contributed by atoms with Crippen molar-refractivity contribution in [1.82, 2.24) is 5.32 Å². The molecule has 1 N–H and O–H groups in total. The number of thiophene rings is 1. The molecule has 1 aliphatic carbocycles. The first-order chi connectivity index (χ1) is 6.40. The van der Waals surface area contributed by atoms with Crippen LogP contribution < -0.4 is 5.32 Å². The fourth-order valence-corrected chi connectivity index (χ4v) is 3.26. The zero-order chi connectivity index (χ0) is 9.10. The molecule has 0 radical (unpaired) electrons. The zero-order valence-corrected chi connectivity index (χ0v) is 9.04. The molecule has 0 saturated heterocycles. The average molecular weight is 195 g/mol. The van der Waals surface area contributed by atoms with Crippen LogP contribution in [-0.2, 0) is 19.4 Å². The molecule has 2 heteroatoms. The highest BCUT2D eigenvalue weighted by Gasteiger charge is 2.11. The van der Waals surface area contributed by atoms with Gasteiger partial charge in [0.25, 0.3) is 0 Å². The molecular formula is C11H17NS. The maximum absolute atomic E-state index is 3.22. The summed E-state index contributed by atoms with van der Waals surface area (Å²) in [6.07, 6.45) is 6.84. The Morgan fingerprint density at radius 2 is 2.15 bits per heavy atom. The molecule has 1 heterocycles. The lowest BCUT2D eigenvalue weighted by Gasteiger charge is -1.93. The van der Waals surface area contributed by atoms with Gasteiger partial charge in [-0.2, -0.15) is 0 Å². The molecule has 0 saturated carbocycles. The van der Waals surface area contributed by atoms with Crippen LogP contribution in [0.3, 0.4) is 0 Å². The quantitative estimate of drug-likeness (QED) is 0.716. The third-order valence-corrected chi connectivity index (χ3v) is 3.89. The molecule has 1 aromatic heterocycles. The molecule has 1 aliphatic rings. The van der Waals surface area contributed by atoms with Crippen molar-refractivity contribution in [1.29, 1.82) is 0 Å². The van der Waals surface area contributed by atoms with Crippen molar-refractivity contribution in [3.05, 3.63) is 21.4 Å². The Hall–Kier alpha value is -0.340. The van der Waals surface area contributed by atoms with Gasteiger partial charge in [-0.25, -0.2) is 0 Å². The van der Waals surface area contributed by atoms with Gasteiger partial charge < -0.3 is 5.32 Å². The third-order valence-electron chi connectivity index (χ3n) is 2.65. The van der Waals surface area contributed by atoms with Gasteiger partial charge in [-0.3, -0.25) is 0 Å². The molecule has 0 amide bonds. The first-order valence-corrected chi connectivity index (χ1v) is 5.97. The molecule has 72 valence electrons. The zero-order valence-electron chi connectivity index (χ0n) is 8.23. The minimum Gasteiger partial charge on any atom is -0.315 e. The van der Waals surface area contributed by atoms with E-state index < -0.39 is 0 Å². The van der Waals surface area contributed by atoms with E-state index in [0.717, 1.165) is 6.54 Å². The predicted octanol–water partition coefficient (Wildman–Crippen LogP) is 2.74. The molecule has 0 unspecified atom stereocenters. The van der Waals surface area contributed by atoms with Crippen molar-refractivity contribution in [2.45, 2.75) is 38.6 Å². The van der Waals surface area contributed by atoms with Crippen LogP contribution in [0.15, 0.2) is 6.07 Å². The number of aryl methyl sites for hydroxylation is 2. The second kappa shape index (κ2) is 4.25. The number of rotatable bonds is 2. The van der Waals surface area contributed by atoms with Crippen molar-refractivity contribution >= 4 is 11.3 Å². The normalized spacial score (nSPS) is 16.7. The average Bonchev–Trinajstić information content (AvgIpc) is 2.37. The van der Waals surface area contributed by atoms with E-state index in [1.807, 2.05) is 18.4 Å². The molecule has 1 nitrogen and oxygen atoms in total. The van der Waals surface area contributed by atoms with Gasteiger partial charge in [0.2, 0.25) is 0 Å². The van der Waals surface area contributed by atoms with Gasteiger partial charge in [0.05, 0.1) is 0 Å². The Balaban J connectivity index is 2.17. The van der Waals surface area contributed by atoms with Crippen LogP contribution >= 0.6 is 11.3 Å². The van der Waals surface area contributed by atoms with E-state index in [1.165, 1.54) is 37.0 Å². The lowest BCUT2D eigenvalue weighted by molar-refractivity contribution is 0.712. The summed E-state index contributed by atoms with van der Waals surface area (Å²) < 4.78 is 0. The Labute approximate surface area is 84.2 Å². The maximum atomic E-state index is 3.22. The molecule has 0 aliphatic heterocycles. The Kier molecular flexibility index (Phi) is 3.01. The Morgan fingerprint density at radius 3 is 3.00 bits per heavy atom. The standard InChI is InChI=1S/C11H17NS/c1-12-8-10-7-9-5-3-2-4-6-11(9)13-10/h7,12H,2-6,8H2,1H3. The van der Waals surface area contributed by atoms with Crippen LogP contribution in [0.1, 0.15) is 34.6 Å². The highest BCUT2D eigenvalue weighted by Crippen LogP contribution is 2.28. The van der Waals surface area contributed by atoms with Crippen LogP contribution in [0.25, 0.3) is 0 Å². The SMILES string of the molecule is CNCc1cc2c(s1)CCCCC2. The summed E-state index contributed by atoms with van der Waals surface area (Å²) in [5, 5.41) is 3.22. The highest BCUT2D eigenvalue weighted by atomic mass is 32.1. The summed E-state index contributed by atoms with van der Waals surface area (Å²) in [6.45, 7) is 1.04.